The largest absolute Gasteiger partial charge is 0.435 e. The molecule has 0 heterocycles. The Morgan fingerprint density at radius 1 is 1.38 bits per heavy atom. The zero-order valence-corrected chi connectivity index (χ0v) is 10.7. The average molecular weight is 294 g/mol. The molecule has 0 aromatic heterocycles. The normalized spacial score (nSPS) is 11.2. The molecule has 0 aliphatic rings. The Bertz CT molecular complexity index is 345. The van der Waals surface area contributed by atoms with E-state index >= 15 is 0 Å². The Morgan fingerprint density at radius 3 is 2.62 bits per heavy atom. The Hall–Kier alpha value is -0.680. The van der Waals surface area contributed by atoms with Gasteiger partial charge in [0.25, 0.3) is 0 Å². The van der Waals surface area contributed by atoms with Crippen LogP contribution in [-0.2, 0) is 6.54 Å². The Morgan fingerprint density at radius 2 is 2.06 bits per heavy atom. The molecule has 0 amide bonds. The minimum atomic E-state index is -2.79. The first kappa shape index (κ1) is 13.4. The summed E-state index contributed by atoms with van der Waals surface area (Å²) in [6.45, 7) is 1.87. The number of ether oxygens (including phenoxy) is 1. The number of hydrogen-bond donors (Lipinski definition) is 1. The van der Waals surface area contributed by atoms with E-state index in [9.17, 15) is 8.78 Å². The summed E-state index contributed by atoms with van der Waals surface area (Å²) in [5, 5.41) is 3.21. The first-order valence-corrected chi connectivity index (χ1v) is 5.75. The van der Waals surface area contributed by atoms with Crippen molar-refractivity contribution in [3.8, 4) is 5.75 Å². The summed E-state index contributed by atoms with van der Waals surface area (Å²) < 4.78 is 29.2. The molecular formula is C11H14BrF2NO. The van der Waals surface area contributed by atoms with Crippen LogP contribution in [0.5, 0.6) is 5.75 Å². The Labute approximate surface area is 102 Å². The third-order valence-electron chi connectivity index (χ3n) is 1.94. The smallest absolute Gasteiger partial charge is 0.387 e. The summed E-state index contributed by atoms with van der Waals surface area (Å²) in [4.78, 5) is 0. The van der Waals surface area contributed by atoms with Crippen LogP contribution in [0.1, 0.15) is 19.4 Å². The molecule has 1 rings (SSSR count). The van der Waals surface area contributed by atoms with Gasteiger partial charge in [0, 0.05) is 17.1 Å². The molecular weight excluding hydrogens is 280 g/mol. The van der Waals surface area contributed by atoms with E-state index in [2.05, 4.69) is 26.0 Å². The highest BCUT2D eigenvalue weighted by atomic mass is 79.9. The number of halogens is 3. The van der Waals surface area contributed by atoms with Crippen LogP contribution in [0.4, 0.5) is 8.78 Å². The van der Waals surface area contributed by atoms with Crippen LogP contribution in [0, 0.1) is 0 Å². The van der Waals surface area contributed by atoms with Crippen molar-refractivity contribution < 1.29 is 13.5 Å². The van der Waals surface area contributed by atoms with Gasteiger partial charge in [-0.05, 0) is 23.8 Å². The topological polar surface area (TPSA) is 21.3 Å². The predicted molar refractivity (Wildman–Crippen MR) is 62.7 cm³/mol. The van der Waals surface area contributed by atoms with E-state index in [-0.39, 0.29) is 5.75 Å². The average Bonchev–Trinajstić information content (AvgIpc) is 2.18. The molecule has 0 bridgehead atoms. The second-order valence-corrected chi connectivity index (χ2v) is 4.52. The Balaban J connectivity index is 2.74. The monoisotopic (exact) mass is 293 g/mol. The molecule has 0 radical (unpaired) electrons. The fourth-order valence-electron chi connectivity index (χ4n) is 1.18. The predicted octanol–water partition coefficient (Wildman–Crippen LogP) is 3.55. The van der Waals surface area contributed by atoms with Gasteiger partial charge in [-0.15, -0.1) is 0 Å². The third-order valence-corrected chi connectivity index (χ3v) is 2.72. The summed E-state index contributed by atoms with van der Waals surface area (Å²) in [5.41, 5.74) is 0.895. The molecule has 0 aliphatic carbocycles. The molecule has 16 heavy (non-hydrogen) atoms. The van der Waals surface area contributed by atoms with Gasteiger partial charge in [-0.3, -0.25) is 0 Å². The molecule has 0 spiro atoms. The van der Waals surface area contributed by atoms with E-state index in [1.54, 1.807) is 12.1 Å². The fourth-order valence-corrected chi connectivity index (χ4v) is 1.56. The summed E-state index contributed by atoms with van der Waals surface area (Å²) in [6.07, 6.45) is 0. The summed E-state index contributed by atoms with van der Waals surface area (Å²) in [6, 6.07) is 5.15. The standard InChI is InChI=1S/C11H14BrF2NO/c1-7(2)15-6-8-5-9(16-11(13)14)3-4-10(8)12/h3-5,7,11,15H,6H2,1-2H3. The lowest BCUT2D eigenvalue weighted by molar-refractivity contribution is -0.0498. The van der Waals surface area contributed by atoms with Gasteiger partial charge in [0.05, 0.1) is 0 Å². The highest BCUT2D eigenvalue weighted by molar-refractivity contribution is 9.10. The second kappa shape index (κ2) is 6.15. The molecule has 2 nitrogen and oxygen atoms in total. The van der Waals surface area contributed by atoms with Gasteiger partial charge < -0.3 is 10.1 Å². The van der Waals surface area contributed by atoms with Gasteiger partial charge in [0.2, 0.25) is 0 Å². The van der Waals surface area contributed by atoms with Crippen LogP contribution in [0.3, 0.4) is 0 Å². The van der Waals surface area contributed by atoms with Gasteiger partial charge in [-0.25, -0.2) is 0 Å². The van der Waals surface area contributed by atoms with Gasteiger partial charge in [0.1, 0.15) is 5.75 Å². The number of hydrogen-bond acceptors (Lipinski definition) is 2. The third kappa shape index (κ3) is 4.45. The first-order chi connectivity index (χ1) is 7.49. The van der Waals surface area contributed by atoms with Crippen molar-refractivity contribution in [1.82, 2.24) is 5.32 Å². The lowest BCUT2D eigenvalue weighted by Gasteiger charge is -2.11. The molecule has 5 heteroatoms. The minimum Gasteiger partial charge on any atom is -0.435 e. The van der Waals surface area contributed by atoms with Gasteiger partial charge in [-0.2, -0.15) is 8.78 Å². The molecule has 0 saturated heterocycles. The van der Waals surface area contributed by atoms with Crippen molar-refractivity contribution in [2.24, 2.45) is 0 Å². The van der Waals surface area contributed by atoms with E-state index in [0.717, 1.165) is 10.0 Å². The van der Waals surface area contributed by atoms with Gasteiger partial charge in [-0.1, -0.05) is 29.8 Å². The maximum absolute atomic E-state index is 12.0. The Kier molecular flexibility index (Phi) is 5.15. The van der Waals surface area contributed by atoms with Gasteiger partial charge >= 0.3 is 6.61 Å². The van der Waals surface area contributed by atoms with E-state index in [0.29, 0.717) is 12.6 Å². The van der Waals surface area contributed by atoms with Crippen LogP contribution >= 0.6 is 15.9 Å². The quantitative estimate of drug-likeness (QED) is 0.896. The van der Waals surface area contributed by atoms with Gasteiger partial charge in [0.15, 0.2) is 0 Å². The molecule has 90 valence electrons. The molecule has 0 atom stereocenters. The van der Waals surface area contributed by atoms with Crippen molar-refractivity contribution >= 4 is 15.9 Å². The van der Waals surface area contributed by atoms with Crippen LogP contribution in [0.2, 0.25) is 0 Å². The highest BCUT2D eigenvalue weighted by Crippen LogP contribution is 2.23. The summed E-state index contributed by atoms with van der Waals surface area (Å²) in [7, 11) is 0. The van der Waals surface area contributed by atoms with E-state index < -0.39 is 6.61 Å². The fraction of sp³-hybridized carbons (Fsp3) is 0.455. The first-order valence-electron chi connectivity index (χ1n) is 4.95. The second-order valence-electron chi connectivity index (χ2n) is 3.67. The highest BCUT2D eigenvalue weighted by Gasteiger charge is 2.07. The number of benzene rings is 1. The zero-order chi connectivity index (χ0) is 12.1. The molecule has 0 unspecified atom stereocenters. The molecule has 0 fully saturated rings. The van der Waals surface area contributed by atoms with Crippen LogP contribution in [-0.4, -0.2) is 12.7 Å². The van der Waals surface area contributed by atoms with Crippen LogP contribution in [0.25, 0.3) is 0 Å². The maximum atomic E-state index is 12.0. The van der Waals surface area contributed by atoms with E-state index in [1.165, 1.54) is 6.07 Å². The van der Waals surface area contributed by atoms with E-state index in [4.69, 9.17) is 0 Å². The van der Waals surface area contributed by atoms with Crippen LogP contribution in [0.15, 0.2) is 22.7 Å². The van der Waals surface area contributed by atoms with Crippen molar-refractivity contribution in [3.05, 3.63) is 28.2 Å². The lowest BCUT2D eigenvalue weighted by atomic mass is 10.2. The molecule has 0 saturated carbocycles. The van der Waals surface area contributed by atoms with E-state index in [1.807, 2.05) is 13.8 Å². The number of alkyl halides is 2. The van der Waals surface area contributed by atoms with Crippen molar-refractivity contribution in [2.75, 3.05) is 0 Å². The SMILES string of the molecule is CC(C)NCc1cc(OC(F)F)ccc1Br. The lowest BCUT2D eigenvalue weighted by Crippen LogP contribution is -2.22. The number of nitrogens with one attached hydrogen (secondary N) is 1. The number of rotatable bonds is 5. The van der Waals surface area contributed by atoms with Crippen molar-refractivity contribution in [2.45, 2.75) is 33.0 Å². The zero-order valence-electron chi connectivity index (χ0n) is 9.14. The van der Waals surface area contributed by atoms with Crippen molar-refractivity contribution in [1.29, 1.82) is 0 Å². The summed E-state index contributed by atoms with van der Waals surface area (Å²) in [5.74, 6) is 0.179. The molecule has 1 N–H and O–H groups in total. The maximum Gasteiger partial charge on any atom is 0.387 e. The minimum absolute atomic E-state index is 0.179. The van der Waals surface area contributed by atoms with Crippen molar-refractivity contribution in [3.63, 3.8) is 0 Å². The van der Waals surface area contributed by atoms with Crippen LogP contribution < -0.4 is 10.1 Å². The summed E-state index contributed by atoms with van der Waals surface area (Å²) >= 11 is 3.36. The molecule has 1 aromatic carbocycles. The molecule has 1 aromatic rings. The molecule has 0 aliphatic heterocycles.